The first kappa shape index (κ1) is 15.8. The van der Waals surface area contributed by atoms with Crippen LogP contribution < -0.4 is 5.32 Å². The lowest BCUT2D eigenvalue weighted by atomic mass is 9.77. The fourth-order valence-electron chi connectivity index (χ4n) is 3.88. The van der Waals surface area contributed by atoms with E-state index in [9.17, 15) is 0 Å². The second-order valence-electron chi connectivity index (χ2n) is 8.18. The van der Waals surface area contributed by atoms with Crippen LogP contribution in [0.3, 0.4) is 0 Å². The molecule has 1 N–H and O–H groups in total. The third-order valence-electron chi connectivity index (χ3n) is 5.03. The molecule has 0 heterocycles. The molecule has 3 heteroatoms. The Labute approximate surface area is 142 Å². The van der Waals surface area contributed by atoms with Crippen molar-refractivity contribution in [2.45, 2.75) is 52.0 Å². The van der Waals surface area contributed by atoms with Crippen molar-refractivity contribution >= 4 is 27.5 Å². The molecule has 0 bridgehead atoms. The van der Waals surface area contributed by atoms with Gasteiger partial charge in [0.1, 0.15) is 0 Å². The van der Waals surface area contributed by atoms with E-state index in [1.165, 1.54) is 24.8 Å². The van der Waals surface area contributed by atoms with Crippen LogP contribution in [0.1, 0.15) is 45.6 Å². The minimum absolute atomic E-state index is 0.184. The molecule has 0 amide bonds. The Morgan fingerprint density at radius 1 is 1.29 bits per heavy atom. The van der Waals surface area contributed by atoms with Crippen molar-refractivity contribution in [1.82, 2.24) is 5.32 Å². The van der Waals surface area contributed by atoms with Gasteiger partial charge in [-0.3, -0.25) is 0 Å². The molecule has 2 atom stereocenters. The molecule has 1 nitrogen and oxygen atoms in total. The van der Waals surface area contributed by atoms with Gasteiger partial charge in [0.15, 0.2) is 0 Å². The summed E-state index contributed by atoms with van der Waals surface area (Å²) in [6, 6.07) is 6.33. The number of hydrogen-bond acceptors (Lipinski definition) is 1. The number of hydrogen-bond donors (Lipinski definition) is 1. The van der Waals surface area contributed by atoms with E-state index in [2.05, 4.69) is 54.2 Å². The van der Waals surface area contributed by atoms with Gasteiger partial charge in [0, 0.05) is 21.6 Å². The average Bonchev–Trinajstić information content (AvgIpc) is 2.98. The summed E-state index contributed by atoms with van der Waals surface area (Å²) in [7, 11) is 0. The highest BCUT2D eigenvalue weighted by Gasteiger charge is 2.53. The van der Waals surface area contributed by atoms with Gasteiger partial charge in [-0.2, -0.15) is 0 Å². The zero-order valence-corrected chi connectivity index (χ0v) is 15.5. The Balaban J connectivity index is 1.76. The summed E-state index contributed by atoms with van der Waals surface area (Å²) in [5, 5.41) is 4.65. The second-order valence-corrected chi connectivity index (χ2v) is 9.50. The molecule has 3 rings (SSSR count). The Morgan fingerprint density at radius 2 is 1.95 bits per heavy atom. The van der Waals surface area contributed by atoms with Crippen LogP contribution in [0, 0.1) is 17.3 Å². The van der Waals surface area contributed by atoms with Crippen LogP contribution in [0.15, 0.2) is 22.7 Å². The second kappa shape index (κ2) is 5.54. The average molecular weight is 371 g/mol. The predicted molar refractivity (Wildman–Crippen MR) is 93.9 cm³/mol. The highest BCUT2D eigenvalue weighted by Crippen LogP contribution is 2.60. The molecular weight excluding hydrogens is 346 g/mol. The molecule has 0 aliphatic heterocycles. The van der Waals surface area contributed by atoms with Gasteiger partial charge in [-0.25, -0.2) is 0 Å². The molecule has 0 radical (unpaired) electrons. The molecule has 1 aromatic carbocycles. The Hall–Kier alpha value is -0.0500. The highest BCUT2D eigenvalue weighted by molar-refractivity contribution is 9.10. The highest BCUT2D eigenvalue weighted by atomic mass is 79.9. The molecule has 2 unspecified atom stereocenters. The van der Waals surface area contributed by atoms with Crippen LogP contribution in [0.4, 0.5) is 0 Å². The molecule has 2 aliphatic carbocycles. The third kappa shape index (κ3) is 3.83. The lowest BCUT2D eigenvalue weighted by Gasteiger charge is -2.35. The zero-order chi connectivity index (χ0) is 15.3. The van der Waals surface area contributed by atoms with Crippen molar-refractivity contribution in [1.29, 1.82) is 0 Å². The van der Waals surface area contributed by atoms with Crippen molar-refractivity contribution in [3.05, 3.63) is 33.3 Å². The fourth-order valence-corrected chi connectivity index (χ4v) is 4.62. The molecule has 2 fully saturated rings. The van der Waals surface area contributed by atoms with Crippen LogP contribution in [-0.2, 0) is 6.42 Å². The molecule has 1 aromatic rings. The van der Waals surface area contributed by atoms with Gasteiger partial charge in [-0.1, -0.05) is 33.6 Å². The van der Waals surface area contributed by atoms with E-state index >= 15 is 0 Å². The molecule has 0 spiro atoms. The number of fused-ring (bicyclic) bond motifs is 1. The van der Waals surface area contributed by atoms with Crippen LogP contribution in [-0.4, -0.2) is 12.1 Å². The topological polar surface area (TPSA) is 12.0 Å². The van der Waals surface area contributed by atoms with Crippen LogP contribution in [0.25, 0.3) is 0 Å². The minimum atomic E-state index is 0.184. The number of halogens is 2. The van der Waals surface area contributed by atoms with E-state index in [0.717, 1.165) is 34.3 Å². The Morgan fingerprint density at radius 3 is 2.52 bits per heavy atom. The molecule has 0 aromatic heterocycles. The van der Waals surface area contributed by atoms with Crippen LogP contribution in [0.2, 0.25) is 5.02 Å². The van der Waals surface area contributed by atoms with Gasteiger partial charge in [0.05, 0.1) is 0 Å². The van der Waals surface area contributed by atoms with Gasteiger partial charge in [0.25, 0.3) is 0 Å². The first-order valence-corrected chi connectivity index (χ1v) is 9.12. The normalized spacial score (nSPS) is 31.3. The van der Waals surface area contributed by atoms with E-state index in [0.29, 0.717) is 5.41 Å². The number of nitrogens with one attached hydrogen (secondary N) is 1. The lowest BCUT2D eigenvalue weighted by molar-refractivity contribution is 0.222. The van der Waals surface area contributed by atoms with Crippen molar-refractivity contribution in [2.24, 2.45) is 17.3 Å². The van der Waals surface area contributed by atoms with Crippen LogP contribution in [0.5, 0.6) is 0 Å². The molecule has 2 saturated carbocycles. The molecule has 0 saturated heterocycles. The number of benzene rings is 1. The molecular formula is C18H25BrClN. The van der Waals surface area contributed by atoms with E-state index in [1.54, 1.807) is 0 Å². The van der Waals surface area contributed by atoms with E-state index in [1.807, 2.05) is 6.07 Å². The summed E-state index contributed by atoms with van der Waals surface area (Å²) in [6.07, 6.45) is 5.31. The molecule has 2 aliphatic rings. The summed E-state index contributed by atoms with van der Waals surface area (Å²) >= 11 is 9.96. The van der Waals surface area contributed by atoms with Crippen molar-refractivity contribution in [3.8, 4) is 0 Å². The summed E-state index contributed by atoms with van der Waals surface area (Å²) in [5.41, 5.74) is 1.89. The smallest absolute Gasteiger partial charge is 0.0449 e. The quantitative estimate of drug-likeness (QED) is 0.743. The summed E-state index contributed by atoms with van der Waals surface area (Å²) < 4.78 is 1.06. The summed E-state index contributed by atoms with van der Waals surface area (Å²) in [6.45, 7) is 7.87. The maximum Gasteiger partial charge on any atom is 0.0449 e. The summed E-state index contributed by atoms with van der Waals surface area (Å²) in [4.78, 5) is 0. The standard InChI is InChI=1S/C18H25BrClN/c1-17(2,3)21-11-18(9-13-6-14(13)10-18)8-12-4-5-15(19)7-16(12)20/h4-5,7,13-14,21H,6,8-11H2,1-3H3. The van der Waals surface area contributed by atoms with Crippen LogP contribution >= 0.6 is 27.5 Å². The minimum Gasteiger partial charge on any atom is -0.312 e. The monoisotopic (exact) mass is 369 g/mol. The Bertz CT molecular complexity index is 525. The Kier molecular flexibility index (Phi) is 4.18. The van der Waals surface area contributed by atoms with Crippen molar-refractivity contribution < 1.29 is 0 Å². The largest absolute Gasteiger partial charge is 0.312 e. The maximum absolute atomic E-state index is 6.46. The number of rotatable bonds is 4. The van der Waals surface area contributed by atoms with Gasteiger partial charge >= 0.3 is 0 Å². The predicted octanol–water partition coefficient (Wildman–Crippen LogP) is 5.45. The maximum atomic E-state index is 6.46. The van der Waals surface area contributed by atoms with Crippen molar-refractivity contribution in [3.63, 3.8) is 0 Å². The van der Waals surface area contributed by atoms with Gasteiger partial charge in [0.2, 0.25) is 0 Å². The first-order chi connectivity index (χ1) is 9.76. The SMILES string of the molecule is CC(C)(C)NCC1(Cc2ccc(Br)cc2Cl)CC2CC2C1. The van der Waals surface area contributed by atoms with E-state index in [4.69, 9.17) is 11.6 Å². The third-order valence-corrected chi connectivity index (χ3v) is 5.88. The van der Waals surface area contributed by atoms with E-state index in [-0.39, 0.29) is 5.54 Å². The first-order valence-electron chi connectivity index (χ1n) is 7.95. The van der Waals surface area contributed by atoms with Gasteiger partial charge in [-0.15, -0.1) is 0 Å². The van der Waals surface area contributed by atoms with Crippen molar-refractivity contribution in [2.75, 3.05) is 6.54 Å². The summed E-state index contributed by atoms with van der Waals surface area (Å²) in [5.74, 6) is 1.97. The molecule has 116 valence electrons. The van der Waals surface area contributed by atoms with E-state index < -0.39 is 0 Å². The van der Waals surface area contributed by atoms with Gasteiger partial charge < -0.3 is 5.32 Å². The fraction of sp³-hybridized carbons (Fsp3) is 0.667. The van der Waals surface area contributed by atoms with Gasteiger partial charge in [-0.05, 0) is 81.4 Å². The zero-order valence-electron chi connectivity index (χ0n) is 13.2. The molecule has 21 heavy (non-hydrogen) atoms. The lowest BCUT2D eigenvalue weighted by Crippen LogP contribution is -2.44.